The highest BCUT2D eigenvalue weighted by atomic mass is 35.5. The van der Waals surface area contributed by atoms with Crippen molar-refractivity contribution in [3.8, 4) is 0 Å². The Morgan fingerprint density at radius 1 is 1.38 bits per heavy atom. The first-order valence-electron chi connectivity index (χ1n) is 6.94. The molecule has 1 aromatic rings. The first-order valence-corrected chi connectivity index (χ1v) is 8.80. The van der Waals surface area contributed by atoms with Gasteiger partial charge in [-0.1, -0.05) is 25.4 Å². The van der Waals surface area contributed by atoms with Crippen molar-refractivity contribution in [2.24, 2.45) is 12.5 Å². The van der Waals surface area contributed by atoms with Crippen molar-refractivity contribution < 1.29 is 13.5 Å². The lowest BCUT2D eigenvalue weighted by atomic mass is 9.71. The van der Waals surface area contributed by atoms with Gasteiger partial charge in [0.1, 0.15) is 0 Å². The second kappa shape index (κ2) is 5.53. The monoisotopic (exact) mass is 335 g/mol. The molecule has 0 aliphatic heterocycles. The van der Waals surface area contributed by atoms with Crippen molar-refractivity contribution in [3.05, 3.63) is 11.2 Å². The number of rotatable bonds is 4. The molecule has 0 aromatic carbocycles. The number of hydrogen-bond donors (Lipinski definition) is 2. The normalized spacial score (nSPS) is 21.4. The van der Waals surface area contributed by atoms with E-state index in [-0.39, 0.29) is 22.0 Å². The Balaban J connectivity index is 2.06. The highest BCUT2D eigenvalue weighted by Gasteiger charge is 2.37. The Labute approximate surface area is 130 Å². The molecule has 1 aliphatic carbocycles. The van der Waals surface area contributed by atoms with Gasteiger partial charge in [-0.3, -0.25) is 4.68 Å². The minimum Gasteiger partial charge on any atom is -0.389 e. The highest BCUT2D eigenvalue weighted by molar-refractivity contribution is 7.89. The van der Waals surface area contributed by atoms with E-state index in [1.807, 2.05) is 0 Å². The van der Waals surface area contributed by atoms with E-state index in [1.165, 1.54) is 17.9 Å². The number of aromatic nitrogens is 2. The molecule has 21 heavy (non-hydrogen) atoms. The van der Waals surface area contributed by atoms with Crippen LogP contribution in [-0.4, -0.2) is 35.5 Å². The van der Waals surface area contributed by atoms with E-state index < -0.39 is 15.6 Å². The Hall–Kier alpha value is -0.630. The topological polar surface area (TPSA) is 84.2 Å². The molecule has 0 amide bonds. The predicted octanol–water partition coefficient (Wildman–Crippen LogP) is 1.68. The van der Waals surface area contributed by atoms with Crippen LogP contribution in [0.15, 0.2) is 11.2 Å². The van der Waals surface area contributed by atoms with Crippen LogP contribution in [0.4, 0.5) is 0 Å². The van der Waals surface area contributed by atoms with Crippen LogP contribution in [0.2, 0.25) is 5.02 Å². The van der Waals surface area contributed by atoms with Crippen molar-refractivity contribution in [3.63, 3.8) is 0 Å². The molecule has 1 fully saturated rings. The van der Waals surface area contributed by atoms with Crippen LogP contribution in [0.25, 0.3) is 0 Å². The van der Waals surface area contributed by atoms with Crippen LogP contribution in [-0.2, 0) is 17.1 Å². The zero-order chi connectivity index (χ0) is 15.9. The Bertz CT molecular complexity index is 595. The quantitative estimate of drug-likeness (QED) is 0.876. The van der Waals surface area contributed by atoms with Gasteiger partial charge in [0.05, 0.1) is 16.8 Å². The number of sulfonamides is 1. The van der Waals surface area contributed by atoms with Gasteiger partial charge < -0.3 is 5.11 Å². The fraction of sp³-hybridized carbons (Fsp3) is 0.769. The van der Waals surface area contributed by atoms with Crippen LogP contribution in [0.5, 0.6) is 0 Å². The summed E-state index contributed by atoms with van der Waals surface area (Å²) in [5, 5.41) is 14.3. The Morgan fingerprint density at radius 3 is 2.43 bits per heavy atom. The molecule has 0 saturated heterocycles. The average molecular weight is 336 g/mol. The summed E-state index contributed by atoms with van der Waals surface area (Å²) in [6.07, 6.45) is 4.20. The molecule has 0 unspecified atom stereocenters. The summed E-state index contributed by atoms with van der Waals surface area (Å²) in [5.41, 5.74) is -0.788. The van der Waals surface area contributed by atoms with Gasteiger partial charge >= 0.3 is 0 Å². The summed E-state index contributed by atoms with van der Waals surface area (Å²) in [6, 6.07) is 0. The van der Waals surface area contributed by atoms with Gasteiger partial charge in [-0.05, 0) is 31.1 Å². The molecular weight excluding hydrogens is 314 g/mol. The SMILES string of the molecule is Cn1ncc(Cl)c1S(=O)(=O)NCC1(O)CCC(C)(C)CC1. The third kappa shape index (κ3) is 3.77. The van der Waals surface area contributed by atoms with Crippen LogP contribution in [0.3, 0.4) is 0 Å². The lowest BCUT2D eigenvalue weighted by molar-refractivity contribution is -0.0206. The third-order valence-electron chi connectivity index (χ3n) is 4.22. The van der Waals surface area contributed by atoms with E-state index in [0.717, 1.165) is 12.8 Å². The van der Waals surface area contributed by atoms with Crippen LogP contribution in [0, 0.1) is 5.41 Å². The summed E-state index contributed by atoms with van der Waals surface area (Å²) in [4.78, 5) is 0. The molecule has 0 atom stereocenters. The fourth-order valence-electron chi connectivity index (χ4n) is 2.57. The summed E-state index contributed by atoms with van der Waals surface area (Å²) in [7, 11) is -2.27. The van der Waals surface area contributed by atoms with E-state index in [9.17, 15) is 13.5 Å². The summed E-state index contributed by atoms with van der Waals surface area (Å²) < 4.78 is 28.2. The lowest BCUT2D eigenvalue weighted by Gasteiger charge is -2.40. The van der Waals surface area contributed by atoms with Gasteiger partial charge in [-0.2, -0.15) is 5.10 Å². The first-order chi connectivity index (χ1) is 9.55. The van der Waals surface area contributed by atoms with Crippen molar-refractivity contribution in [2.75, 3.05) is 6.54 Å². The predicted molar refractivity (Wildman–Crippen MR) is 80.6 cm³/mol. The number of hydrogen-bond acceptors (Lipinski definition) is 4. The van der Waals surface area contributed by atoms with Gasteiger partial charge in [0.15, 0.2) is 5.03 Å². The number of nitrogens with one attached hydrogen (secondary N) is 1. The number of nitrogens with zero attached hydrogens (tertiary/aromatic N) is 2. The van der Waals surface area contributed by atoms with E-state index in [4.69, 9.17) is 11.6 Å². The maximum atomic E-state index is 12.3. The molecule has 2 N–H and O–H groups in total. The zero-order valence-corrected chi connectivity index (χ0v) is 14.1. The average Bonchev–Trinajstić information content (AvgIpc) is 2.72. The summed E-state index contributed by atoms with van der Waals surface area (Å²) >= 11 is 5.86. The van der Waals surface area contributed by atoms with Crippen molar-refractivity contribution in [1.82, 2.24) is 14.5 Å². The van der Waals surface area contributed by atoms with Gasteiger partial charge in [-0.25, -0.2) is 13.1 Å². The van der Waals surface area contributed by atoms with Gasteiger partial charge in [-0.15, -0.1) is 0 Å². The molecule has 2 rings (SSSR count). The summed E-state index contributed by atoms with van der Waals surface area (Å²) in [6.45, 7) is 4.31. The standard InChI is InChI=1S/C13H22ClN3O3S/c1-12(2)4-6-13(18,7-5-12)9-16-21(19,20)11-10(14)8-15-17(11)3/h8,16,18H,4-7,9H2,1-3H3. The zero-order valence-electron chi connectivity index (χ0n) is 12.6. The molecule has 1 heterocycles. The summed E-state index contributed by atoms with van der Waals surface area (Å²) in [5.74, 6) is 0. The minimum absolute atomic E-state index is 0.00702. The molecule has 8 heteroatoms. The molecule has 6 nitrogen and oxygen atoms in total. The second-order valence-electron chi connectivity index (χ2n) is 6.63. The van der Waals surface area contributed by atoms with Crippen molar-refractivity contribution in [2.45, 2.75) is 50.2 Å². The molecular formula is C13H22ClN3O3S. The first kappa shape index (κ1) is 16.7. The van der Waals surface area contributed by atoms with Crippen LogP contribution < -0.4 is 4.72 Å². The van der Waals surface area contributed by atoms with Crippen LogP contribution in [0.1, 0.15) is 39.5 Å². The van der Waals surface area contributed by atoms with Crippen molar-refractivity contribution >= 4 is 21.6 Å². The molecule has 1 aliphatic rings. The maximum absolute atomic E-state index is 12.3. The molecule has 1 aromatic heterocycles. The lowest BCUT2D eigenvalue weighted by Crippen LogP contribution is -2.46. The molecule has 120 valence electrons. The molecule has 1 saturated carbocycles. The Kier molecular flexibility index (Phi) is 4.41. The number of aryl methyl sites for hydroxylation is 1. The van der Waals surface area contributed by atoms with E-state index >= 15 is 0 Å². The van der Waals surface area contributed by atoms with Gasteiger partial charge in [0, 0.05) is 13.6 Å². The third-order valence-corrected chi connectivity index (χ3v) is 6.13. The highest BCUT2D eigenvalue weighted by Crippen LogP contribution is 2.40. The Morgan fingerprint density at radius 2 is 1.95 bits per heavy atom. The molecule has 0 radical (unpaired) electrons. The number of aliphatic hydroxyl groups is 1. The minimum atomic E-state index is -3.79. The van der Waals surface area contributed by atoms with E-state index in [0.29, 0.717) is 12.8 Å². The molecule has 0 bridgehead atoms. The fourth-order valence-corrected chi connectivity index (χ4v) is 4.34. The van der Waals surface area contributed by atoms with E-state index in [2.05, 4.69) is 23.7 Å². The van der Waals surface area contributed by atoms with Gasteiger partial charge in [0.25, 0.3) is 10.0 Å². The number of halogens is 1. The van der Waals surface area contributed by atoms with Gasteiger partial charge in [0.2, 0.25) is 0 Å². The van der Waals surface area contributed by atoms with Crippen LogP contribution >= 0.6 is 11.6 Å². The largest absolute Gasteiger partial charge is 0.389 e. The second-order valence-corrected chi connectivity index (χ2v) is 8.72. The van der Waals surface area contributed by atoms with Crippen molar-refractivity contribution in [1.29, 1.82) is 0 Å². The maximum Gasteiger partial charge on any atom is 0.259 e. The molecule has 0 spiro atoms. The smallest absolute Gasteiger partial charge is 0.259 e. The van der Waals surface area contributed by atoms with E-state index in [1.54, 1.807) is 0 Å².